The molecule has 0 aliphatic rings. The zero-order chi connectivity index (χ0) is 18.7. The summed E-state index contributed by atoms with van der Waals surface area (Å²) in [5, 5.41) is 1.39. The lowest BCUT2D eigenvalue weighted by Gasteiger charge is -2.08. The molecule has 3 aromatic rings. The van der Waals surface area contributed by atoms with Crippen molar-refractivity contribution in [3.63, 3.8) is 0 Å². The Morgan fingerprint density at radius 1 is 1.31 bits per heavy atom. The summed E-state index contributed by atoms with van der Waals surface area (Å²) < 4.78 is 3.24. The van der Waals surface area contributed by atoms with Gasteiger partial charge in [0, 0.05) is 24.4 Å². The van der Waals surface area contributed by atoms with Crippen molar-refractivity contribution in [1.29, 1.82) is 0 Å². The monoisotopic (exact) mass is 390 g/mol. The van der Waals surface area contributed by atoms with Gasteiger partial charge in [-0.25, -0.2) is 9.78 Å². The van der Waals surface area contributed by atoms with Gasteiger partial charge in [0.1, 0.15) is 0 Å². The third-order valence-corrected chi connectivity index (χ3v) is 5.07. The van der Waals surface area contributed by atoms with Gasteiger partial charge in [-0.3, -0.25) is 14.3 Å². The highest BCUT2D eigenvalue weighted by Gasteiger charge is 2.17. The molecule has 0 fully saturated rings. The molecular weight excluding hydrogens is 372 g/mol. The van der Waals surface area contributed by atoms with Crippen molar-refractivity contribution in [2.45, 2.75) is 25.0 Å². The first-order valence-corrected chi connectivity index (χ1v) is 9.52. The molecule has 0 aliphatic heterocycles. The van der Waals surface area contributed by atoms with Gasteiger partial charge in [0.15, 0.2) is 16.3 Å². The molecule has 0 bridgehead atoms. The van der Waals surface area contributed by atoms with Gasteiger partial charge in [-0.1, -0.05) is 59.8 Å². The van der Waals surface area contributed by atoms with Crippen LogP contribution in [0.2, 0.25) is 0 Å². The minimum Gasteiger partial charge on any atom is -0.313 e. The van der Waals surface area contributed by atoms with Gasteiger partial charge in [-0.2, -0.15) is 0 Å². The van der Waals surface area contributed by atoms with Crippen molar-refractivity contribution >= 4 is 34.5 Å². The van der Waals surface area contributed by atoms with Crippen molar-refractivity contribution in [2.24, 2.45) is 7.05 Å². The van der Waals surface area contributed by atoms with Crippen molar-refractivity contribution in [3.05, 3.63) is 67.8 Å². The number of imidazole rings is 1. The summed E-state index contributed by atoms with van der Waals surface area (Å²) >= 11 is 7.38. The zero-order valence-electron chi connectivity index (χ0n) is 14.5. The van der Waals surface area contributed by atoms with Gasteiger partial charge in [-0.05, 0) is 18.9 Å². The van der Waals surface area contributed by atoms with E-state index in [0.717, 1.165) is 6.42 Å². The first-order chi connectivity index (χ1) is 12.5. The minimum absolute atomic E-state index is 0.390. The van der Waals surface area contributed by atoms with E-state index in [0.29, 0.717) is 33.7 Å². The summed E-state index contributed by atoms with van der Waals surface area (Å²) in [5.41, 5.74) is 1.09. The van der Waals surface area contributed by atoms with Crippen LogP contribution in [0.5, 0.6) is 0 Å². The fraction of sp³-hybridized carbons (Fsp3) is 0.278. The topological polar surface area (TPSA) is 72.7 Å². The van der Waals surface area contributed by atoms with Crippen molar-refractivity contribution in [1.82, 2.24) is 19.1 Å². The minimum atomic E-state index is -0.469. The number of fused-ring (bicyclic) bond motifs is 1. The summed E-state index contributed by atoms with van der Waals surface area (Å²) in [6.45, 7) is 2.41. The molecule has 0 unspecified atom stereocenters. The molecule has 3 rings (SSSR count). The SMILES string of the molecule is C/C(Cl)=C/CSc1nc2c(c(=O)[nH]c(=O)n2C)n1CCc1ccccc1. The molecule has 2 heterocycles. The second-order valence-electron chi connectivity index (χ2n) is 5.87. The third kappa shape index (κ3) is 3.94. The van der Waals surface area contributed by atoms with E-state index < -0.39 is 11.2 Å². The van der Waals surface area contributed by atoms with E-state index in [9.17, 15) is 9.59 Å². The molecule has 0 aliphatic carbocycles. The predicted molar refractivity (Wildman–Crippen MR) is 106 cm³/mol. The van der Waals surface area contributed by atoms with Crippen LogP contribution in [-0.4, -0.2) is 24.9 Å². The zero-order valence-corrected chi connectivity index (χ0v) is 16.1. The number of H-pyrrole nitrogens is 1. The highest BCUT2D eigenvalue weighted by molar-refractivity contribution is 7.99. The standard InChI is InChI=1S/C18H19ClN4O2S/c1-12(19)9-11-26-18-20-15-14(16(24)21-17(25)22(15)2)23(18)10-8-13-6-4-3-5-7-13/h3-7,9H,8,10-11H2,1-2H3,(H,21,24,25)/b12-9-. The fourth-order valence-corrected chi connectivity index (χ4v) is 3.79. The van der Waals surface area contributed by atoms with E-state index in [-0.39, 0.29) is 0 Å². The van der Waals surface area contributed by atoms with E-state index in [1.54, 1.807) is 7.05 Å². The number of allylic oxidation sites excluding steroid dienone is 1. The number of aromatic amines is 1. The lowest BCUT2D eigenvalue weighted by atomic mass is 10.1. The number of thioether (sulfide) groups is 1. The van der Waals surface area contributed by atoms with Crippen LogP contribution in [0.1, 0.15) is 12.5 Å². The Balaban J connectivity index is 2.04. The first-order valence-electron chi connectivity index (χ1n) is 8.16. The highest BCUT2D eigenvalue weighted by Crippen LogP contribution is 2.22. The van der Waals surface area contributed by atoms with E-state index in [2.05, 4.69) is 9.97 Å². The van der Waals surface area contributed by atoms with Gasteiger partial charge in [0.25, 0.3) is 5.56 Å². The maximum atomic E-state index is 12.4. The van der Waals surface area contributed by atoms with Crippen LogP contribution < -0.4 is 11.2 Å². The average Bonchev–Trinajstić information content (AvgIpc) is 2.98. The smallest absolute Gasteiger partial charge is 0.313 e. The number of nitrogens with one attached hydrogen (secondary N) is 1. The first kappa shape index (κ1) is 18.5. The molecule has 1 N–H and O–H groups in total. The van der Waals surface area contributed by atoms with Gasteiger partial charge >= 0.3 is 5.69 Å². The molecule has 136 valence electrons. The average molecular weight is 391 g/mol. The van der Waals surface area contributed by atoms with Crippen LogP contribution >= 0.6 is 23.4 Å². The molecule has 2 aromatic heterocycles. The number of benzene rings is 1. The summed E-state index contributed by atoms with van der Waals surface area (Å²) in [6, 6.07) is 10.0. The molecule has 0 saturated heterocycles. The maximum absolute atomic E-state index is 12.4. The lowest BCUT2D eigenvalue weighted by Crippen LogP contribution is -2.29. The Morgan fingerprint density at radius 3 is 2.73 bits per heavy atom. The van der Waals surface area contributed by atoms with Crippen LogP contribution in [0.4, 0.5) is 0 Å². The molecule has 6 nitrogen and oxygen atoms in total. The van der Waals surface area contributed by atoms with Gasteiger partial charge < -0.3 is 4.57 Å². The largest absolute Gasteiger partial charge is 0.329 e. The summed E-state index contributed by atoms with van der Waals surface area (Å²) in [6.07, 6.45) is 2.64. The number of rotatable bonds is 6. The van der Waals surface area contributed by atoms with Gasteiger partial charge in [0.2, 0.25) is 0 Å². The van der Waals surface area contributed by atoms with E-state index >= 15 is 0 Å². The summed E-state index contributed by atoms with van der Waals surface area (Å²) in [7, 11) is 1.60. The van der Waals surface area contributed by atoms with Gasteiger partial charge in [-0.15, -0.1) is 0 Å². The number of aryl methyl sites for hydroxylation is 3. The van der Waals surface area contributed by atoms with E-state index in [4.69, 9.17) is 11.6 Å². The molecule has 0 saturated carbocycles. The van der Waals surface area contributed by atoms with Crippen LogP contribution in [0.25, 0.3) is 11.2 Å². The van der Waals surface area contributed by atoms with Crippen LogP contribution in [0.15, 0.2) is 56.2 Å². The van der Waals surface area contributed by atoms with E-state index in [1.165, 1.54) is 21.9 Å². The quantitative estimate of drug-likeness (QED) is 0.657. The van der Waals surface area contributed by atoms with Crippen molar-refractivity contribution in [3.8, 4) is 0 Å². The second-order valence-corrected chi connectivity index (χ2v) is 7.46. The third-order valence-electron chi connectivity index (χ3n) is 4.02. The highest BCUT2D eigenvalue weighted by atomic mass is 35.5. The second kappa shape index (κ2) is 7.97. The van der Waals surface area contributed by atoms with E-state index in [1.807, 2.05) is 47.9 Å². The molecule has 0 radical (unpaired) electrons. The van der Waals surface area contributed by atoms with Crippen molar-refractivity contribution < 1.29 is 0 Å². The number of aromatic nitrogens is 4. The molecule has 0 spiro atoms. The van der Waals surface area contributed by atoms with Crippen LogP contribution in [-0.2, 0) is 20.0 Å². The molecule has 0 atom stereocenters. The molecule has 0 amide bonds. The number of halogens is 1. The van der Waals surface area contributed by atoms with Gasteiger partial charge in [0.05, 0.1) is 0 Å². The lowest BCUT2D eigenvalue weighted by molar-refractivity contribution is 0.650. The molecular formula is C18H19ClN4O2S. The Kier molecular flexibility index (Phi) is 5.68. The molecule has 26 heavy (non-hydrogen) atoms. The van der Waals surface area contributed by atoms with Crippen LogP contribution in [0, 0.1) is 0 Å². The predicted octanol–water partition coefficient (Wildman–Crippen LogP) is 2.90. The Hall–Kier alpha value is -2.25. The Morgan fingerprint density at radius 2 is 2.04 bits per heavy atom. The maximum Gasteiger partial charge on any atom is 0.329 e. The number of hydrogen-bond acceptors (Lipinski definition) is 4. The normalized spacial score (nSPS) is 12.0. The number of nitrogens with zero attached hydrogens (tertiary/aromatic N) is 3. The number of hydrogen-bond donors (Lipinski definition) is 1. The Bertz CT molecular complexity index is 1060. The summed E-state index contributed by atoms with van der Waals surface area (Å²) in [4.78, 5) is 31.2. The molecule has 1 aromatic carbocycles. The summed E-state index contributed by atoms with van der Waals surface area (Å²) in [5.74, 6) is 0.635. The fourth-order valence-electron chi connectivity index (χ4n) is 2.65. The van der Waals surface area contributed by atoms with Crippen LogP contribution in [0.3, 0.4) is 0 Å². The Labute approximate surface area is 159 Å². The molecule has 8 heteroatoms. The van der Waals surface area contributed by atoms with Crippen molar-refractivity contribution in [2.75, 3.05) is 5.75 Å².